The molecule has 0 aromatic carbocycles. The average Bonchev–Trinajstić information content (AvgIpc) is 2.94. The Morgan fingerprint density at radius 2 is 2.24 bits per heavy atom. The van der Waals surface area contributed by atoms with Crippen molar-refractivity contribution in [3.8, 4) is 0 Å². The van der Waals surface area contributed by atoms with E-state index in [4.69, 9.17) is 0 Å². The van der Waals surface area contributed by atoms with E-state index < -0.39 is 0 Å². The van der Waals surface area contributed by atoms with Gasteiger partial charge in [-0.3, -0.25) is 0 Å². The normalized spacial score (nSPS) is 26.3. The van der Waals surface area contributed by atoms with E-state index in [0.717, 1.165) is 6.54 Å². The topological polar surface area (TPSA) is 32.3 Å². The van der Waals surface area contributed by atoms with E-state index in [-0.39, 0.29) is 0 Å². The Morgan fingerprint density at radius 3 is 2.88 bits per heavy atom. The first-order valence-electron chi connectivity index (χ1n) is 6.60. The highest BCUT2D eigenvalue weighted by Gasteiger charge is 2.26. The van der Waals surface area contributed by atoms with Gasteiger partial charge in [0.05, 0.1) is 0 Å². The zero-order valence-corrected chi connectivity index (χ0v) is 11.6. The SMILES string of the molecule is Cc1ccsc1C(C)NCC1CCCC1CO. The second-order valence-corrected chi connectivity index (χ2v) is 6.18. The van der Waals surface area contributed by atoms with Gasteiger partial charge in [0.15, 0.2) is 0 Å². The molecule has 0 bridgehead atoms. The zero-order chi connectivity index (χ0) is 12.3. The van der Waals surface area contributed by atoms with Crippen LogP contribution in [0.2, 0.25) is 0 Å². The van der Waals surface area contributed by atoms with Crippen LogP contribution in [0.5, 0.6) is 0 Å². The van der Waals surface area contributed by atoms with Gasteiger partial charge >= 0.3 is 0 Å². The molecule has 0 spiro atoms. The van der Waals surface area contributed by atoms with Gasteiger partial charge in [-0.25, -0.2) is 0 Å². The highest BCUT2D eigenvalue weighted by molar-refractivity contribution is 7.10. The number of nitrogens with one attached hydrogen (secondary N) is 1. The van der Waals surface area contributed by atoms with Crippen molar-refractivity contribution in [1.82, 2.24) is 5.32 Å². The van der Waals surface area contributed by atoms with E-state index in [2.05, 4.69) is 30.6 Å². The number of aliphatic hydroxyl groups is 1. The Kier molecular flexibility index (Phi) is 4.60. The molecule has 1 aromatic rings. The van der Waals surface area contributed by atoms with Gasteiger partial charge in [-0.1, -0.05) is 6.42 Å². The molecule has 3 atom stereocenters. The molecule has 1 aliphatic rings. The molecule has 0 aliphatic heterocycles. The molecule has 1 aromatic heterocycles. The Hall–Kier alpha value is -0.380. The fourth-order valence-corrected chi connectivity index (χ4v) is 3.83. The van der Waals surface area contributed by atoms with Gasteiger partial charge in [0.1, 0.15) is 0 Å². The predicted molar refractivity (Wildman–Crippen MR) is 73.4 cm³/mol. The van der Waals surface area contributed by atoms with Gasteiger partial charge in [0, 0.05) is 17.5 Å². The van der Waals surface area contributed by atoms with Crippen molar-refractivity contribution in [2.24, 2.45) is 11.8 Å². The number of aryl methyl sites for hydroxylation is 1. The zero-order valence-electron chi connectivity index (χ0n) is 10.8. The predicted octanol–water partition coefficient (Wildman–Crippen LogP) is 3.12. The van der Waals surface area contributed by atoms with Gasteiger partial charge in [-0.15, -0.1) is 11.3 Å². The van der Waals surface area contributed by atoms with E-state index in [1.54, 1.807) is 0 Å². The van der Waals surface area contributed by atoms with Crippen molar-refractivity contribution in [1.29, 1.82) is 0 Å². The van der Waals surface area contributed by atoms with Crippen LogP contribution in [0.1, 0.15) is 42.7 Å². The number of thiophene rings is 1. The summed E-state index contributed by atoms with van der Waals surface area (Å²) in [7, 11) is 0. The summed E-state index contributed by atoms with van der Waals surface area (Å²) < 4.78 is 0. The van der Waals surface area contributed by atoms with Crippen molar-refractivity contribution >= 4 is 11.3 Å². The van der Waals surface area contributed by atoms with Crippen molar-refractivity contribution in [3.05, 3.63) is 21.9 Å². The van der Waals surface area contributed by atoms with E-state index in [9.17, 15) is 5.11 Å². The molecular formula is C14H23NOS. The second kappa shape index (κ2) is 5.98. The molecule has 3 heteroatoms. The van der Waals surface area contributed by atoms with Crippen LogP contribution in [0.3, 0.4) is 0 Å². The van der Waals surface area contributed by atoms with Crippen LogP contribution in [0.4, 0.5) is 0 Å². The minimum atomic E-state index is 0.360. The molecule has 0 radical (unpaired) electrons. The van der Waals surface area contributed by atoms with E-state index in [1.807, 2.05) is 11.3 Å². The molecule has 1 saturated carbocycles. The lowest BCUT2D eigenvalue weighted by Gasteiger charge is -2.21. The monoisotopic (exact) mass is 253 g/mol. The van der Waals surface area contributed by atoms with Crippen LogP contribution in [0.25, 0.3) is 0 Å². The smallest absolute Gasteiger partial charge is 0.0462 e. The molecule has 96 valence electrons. The summed E-state index contributed by atoms with van der Waals surface area (Å²) in [6.45, 7) is 5.82. The Balaban J connectivity index is 1.84. The third-order valence-corrected chi connectivity index (χ3v) is 5.23. The summed E-state index contributed by atoms with van der Waals surface area (Å²) in [5, 5.41) is 15.1. The van der Waals surface area contributed by atoms with Crippen molar-refractivity contribution < 1.29 is 5.11 Å². The van der Waals surface area contributed by atoms with Gasteiger partial charge in [-0.2, -0.15) is 0 Å². The summed E-state index contributed by atoms with van der Waals surface area (Å²) in [6, 6.07) is 2.62. The molecule has 2 N–H and O–H groups in total. The Morgan fingerprint density at radius 1 is 1.47 bits per heavy atom. The first-order valence-corrected chi connectivity index (χ1v) is 7.48. The molecule has 0 saturated heterocycles. The van der Waals surface area contributed by atoms with Crippen molar-refractivity contribution in [3.63, 3.8) is 0 Å². The molecule has 17 heavy (non-hydrogen) atoms. The van der Waals surface area contributed by atoms with E-state index in [0.29, 0.717) is 24.5 Å². The maximum Gasteiger partial charge on any atom is 0.0462 e. The van der Waals surface area contributed by atoms with Crippen molar-refractivity contribution in [2.45, 2.75) is 39.2 Å². The number of hydrogen-bond acceptors (Lipinski definition) is 3. The largest absolute Gasteiger partial charge is 0.396 e. The Bertz CT molecular complexity index is 350. The second-order valence-electron chi connectivity index (χ2n) is 5.23. The summed E-state index contributed by atoms with van der Waals surface area (Å²) in [4.78, 5) is 1.45. The van der Waals surface area contributed by atoms with Crippen LogP contribution in [-0.4, -0.2) is 18.3 Å². The molecule has 2 nitrogen and oxygen atoms in total. The standard InChI is InChI=1S/C14H23NOS/c1-10-6-7-17-14(10)11(2)15-8-12-4-3-5-13(12)9-16/h6-7,11-13,15-16H,3-5,8-9H2,1-2H3. The Labute approximate surface area is 108 Å². The summed E-state index contributed by atoms with van der Waals surface area (Å²) in [6.07, 6.45) is 3.76. The highest BCUT2D eigenvalue weighted by atomic mass is 32.1. The first-order chi connectivity index (χ1) is 8.22. The fraction of sp³-hybridized carbons (Fsp3) is 0.714. The lowest BCUT2D eigenvalue weighted by atomic mass is 9.96. The minimum absolute atomic E-state index is 0.360. The number of rotatable bonds is 5. The molecule has 3 unspecified atom stereocenters. The van der Waals surface area contributed by atoms with Gasteiger partial charge < -0.3 is 10.4 Å². The van der Waals surface area contributed by atoms with Crippen molar-refractivity contribution in [2.75, 3.05) is 13.2 Å². The number of aliphatic hydroxyl groups excluding tert-OH is 1. The third kappa shape index (κ3) is 3.09. The molecule has 0 amide bonds. The summed E-state index contributed by atoms with van der Waals surface area (Å²) in [5.41, 5.74) is 1.39. The first kappa shape index (κ1) is 13.1. The third-order valence-electron chi connectivity index (χ3n) is 4.03. The lowest BCUT2D eigenvalue weighted by molar-refractivity contribution is 0.190. The number of hydrogen-bond donors (Lipinski definition) is 2. The molecule has 2 rings (SSSR count). The maximum absolute atomic E-state index is 9.30. The maximum atomic E-state index is 9.30. The van der Waals surface area contributed by atoms with E-state index >= 15 is 0 Å². The lowest BCUT2D eigenvalue weighted by Crippen LogP contribution is -2.28. The van der Waals surface area contributed by atoms with Crippen LogP contribution in [-0.2, 0) is 0 Å². The van der Waals surface area contributed by atoms with Crippen LogP contribution < -0.4 is 5.32 Å². The fourth-order valence-electron chi connectivity index (χ4n) is 2.87. The van der Waals surface area contributed by atoms with Gasteiger partial charge in [0.25, 0.3) is 0 Å². The molecule has 1 aliphatic carbocycles. The van der Waals surface area contributed by atoms with Crippen LogP contribution in [0.15, 0.2) is 11.4 Å². The minimum Gasteiger partial charge on any atom is -0.396 e. The van der Waals surface area contributed by atoms with E-state index in [1.165, 1.54) is 29.7 Å². The summed E-state index contributed by atoms with van der Waals surface area (Å²) in [5.74, 6) is 1.20. The quantitative estimate of drug-likeness (QED) is 0.845. The molecule has 1 heterocycles. The molecule has 1 fully saturated rings. The van der Waals surface area contributed by atoms with Crippen LogP contribution in [0, 0.1) is 18.8 Å². The summed E-state index contributed by atoms with van der Waals surface area (Å²) >= 11 is 1.83. The van der Waals surface area contributed by atoms with Gasteiger partial charge in [-0.05, 0) is 62.1 Å². The van der Waals surface area contributed by atoms with Gasteiger partial charge in [0.2, 0.25) is 0 Å². The molecular weight excluding hydrogens is 230 g/mol. The average molecular weight is 253 g/mol. The highest BCUT2D eigenvalue weighted by Crippen LogP contribution is 2.31. The van der Waals surface area contributed by atoms with Crippen LogP contribution >= 0.6 is 11.3 Å².